The molecule has 24 heavy (non-hydrogen) atoms. The Kier molecular flexibility index (Phi) is 5.09. The topological polar surface area (TPSA) is 92.3 Å². The lowest BCUT2D eigenvalue weighted by Crippen LogP contribution is -2.42. The van der Waals surface area contributed by atoms with Gasteiger partial charge >= 0.3 is 18.0 Å². The molecule has 1 atom stereocenters. The van der Waals surface area contributed by atoms with Gasteiger partial charge in [-0.05, 0) is 24.6 Å². The highest BCUT2D eigenvalue weighted by atomic mass is 35.5. The summed E-state index contributed by atoms with van der Waals surface area (Å²) in [5.41, 5.74) is -1.81. The third-order valence-electron chi connectivity index (χ3n) is 3.31. The molecule has 2 rings (SSSR count). The second kappa shape index (κ2) is 6.60. The summed E-state index contributed by atoms with van der Waals surface area (Å²) in [5.74, 6) is -2.96. The van der Waals surface area contributed by atoms with Crippen LogP contribution >= 0.6 is 11.6 Å². The highest BCUT2D eigenvalue weighted by Gasteiger charge is 2.35. The largest absolute Gasteiger partial charge is 0.418 e. The van der Waals surface area contributed by atoms with Crippen molar-refractivity contribution in [1.82, 2.24) is 5.32 Å². The van der Waals surface area contributed by atoms with Crippen LogP contribution in [0.2, 0.25) is 5.02 Å². The molecule has 1 aliphatic rings. The van der Waals surface area contributed by atoms with Gasteiger partial charge in [0.1, 0.15) is 0 Å². The highest BCUT2D eigenvalue weighted by Crippen LogP contribution is 2.36. The molecule has 1 aromatic carbocycles. The fraction of sp³-hybridized carbons (Fsp3) is 0.385. The maximum absolute atomic E-state index is 12.9. The van der Waals surface area contributed by atoms with Crippen molar-refractivity contribution in [1.29, 1.82) is 0 Å². The molecular weight excluding hydrogens is 373 g/mol. The average Bonchev–Trinajstić information content (AvgIpc) is 2.78. The first-order chi connectivity index (χ1) is 11.0. The van der Waals surface area contributed by atoms with E-state index < -0.39 is 45.1 Å². The van der Waals surface area contributed by atoms with Crippen LogP contribution in [-0.4, -0.2) is 37.8 Å². The van der Waals surface area contributed by atoms with Gasteiger partial charge in [0.15, 0.2) is 9.84 Å². The van der Waals surface area contributed by atoms with Crippen molar-refractivity contribution in [3.8, 4) is 0 Å². The van der Waals surface area contributed by atoms with Crippen molar-refractivity contribution in [3.05, 3.63) is 28.8 Å². The Hall–Kier alpha value is -1.81. The number of alkyl halides is 3. The molecule has 1 aliphatic heterocycles. The molecular formula is C13H12ClF3N2O4S. The molecule has 0 aliphatic carbocycles. The van der Waals surface area contributed by atoms with E-state index in [9.17, 15) is 31.2 Å². The van der Waals surface area contributed by atoms with Crippen LogP contribution in [0.25, 0.3) is 0 Å². The van der Waals surface area contributed by atoms with Gasteiger partial charge in [-0.3, -0.25) is 9.59 Å². The third kappa shape index (κ3) is 4.60. The number of carbonyl (C=O) groups is 2. The highest BCUT2D eigenvalue weighted by molar-refractivity contribution is 7.91. The fourth-order valence-corrected chi connectivity index (χ4v) is 4.04. The van der Waals surface area contributed by atoms with Gasteiger partial charge in [-0.1, -0.05) is 11.6 Å². The number of anilines is 1. The van der Waals surface area contributed by atoms with Crippen molar-refractivity contribution < 1.29 is 31.2 Å². The molecule has 1 unspecified atom stereocenters. The zero-order valence-corrected chi connectivity index (χ0v) is 13.6. The first-order valence-electron chi connectivity index (χ1n) is 6.67. The Labute approximate surface area is 140 Å². The second-order valence-corrected chi connectivity index (χ2v) is 7.88. The second-order valence-electron chi connectivity index (χ2n) is 5.22. The number of amides is 2. The molecule has 132 valence electrons. The predicted octanol–water partition coefficient (Wildman–Crippen LogP) is 1.60. The summed E-state index contributed by atoms with van der Waals surface area (Å²) in [6.45, 7) is 0. The van der Waals surface area contributed by atoms with Crippen molar-refractivity contribution >= 4 is 38.9 Å². The van der Waals surface area contributed by atoms with Crippen LogP contribution in [-0.2, 0) is 25.6 Å². The van der Waals surface area contributed by atoms with Crippen LogP contribution < -0.4 is 10.6 Å². The number of rotatable bonds is 2. The van der Waals surface area contributed by atoms with Crippen LogP contribution in [0, 0.1) is 0 Å². The summed E-state index contributed by atoms with van der Waals surface area (Å²) in [6, 6.07) is 1.95. The molecule has 1 aromatic rings. The zero-order chi connectivity index (χ0) is 18.1. The van der Waals surface area contributed by atoms with E-state index in [1.54, 1.807) is 0 Å². The number of nitrogens with one attached hydrogen (secondary N) is 2. The first-order valence-corrected chi connectivity index (χ1v) is 8.87. The first kappa shape index (κ1) is 18.5. The molecule has 0 saturated carbocycles. The van der Waals surface area contributed by atoms with E-state index in [4.69, 9.17) is 11.6 Å². The smallest absolute Gasteiger partial charge is 0.344 e. The number of halogens is 4. The molecule has 0 radical (unpaired) electrons. The summed E-state index contributed by atoms with van der Waals surface area (Å²) in [4.78, 5) is 23.5. The summed E-state index contributed by atoms with van der Waals surface area (Å²) < 4.78 is 61.3. The van der Waals surface area contributed by atoms with Crippen molar-refractivity contribution in [2.24, 2.45) is 0 Å². The molecule has 0 bridgehead atoms. The number of hydrogen-bond acceptors (Lipinski definition) is 4. The van der Waals surface area contributed by atoms with Gasteiger partial charge in [0.25, 0.3) is 0 Å². The quantitative estimate of drug-likeness (QED) is 0.757. The molecule has 1 saturated heterocycles. The summed E-state index contributed by atoms with van der Waals surface area (Å²) >= 11 is 5.51. The number of benzene rings is 1. The van der Waals surface area contributed by atoms with E-state index in [1.807, 2.05) is 5.32 Å². The van der Waals surface area contributed by atoms with E-state index >= 15 is 0 Å². The molecule has 6 nitrogen and oxygen atoms in total. The lowest BCUT2D eigenvalue weighted by atomic mass is 10.1. The van der Waals surface area contributed by atoms with Crippen molar-refractivity contribution in [3.63, 3.8) is 0 Å². The maximum atomic E-state index is 12.9. The Bertz CT molecular complexity index is 780. The van der Waals surface area contributed by atoms with Crippen LogP contribution in [0.1, 0.15) is 12.0 Å². The third-order valence-corrected chi connectivity index (χ3v) is 5.31. The van der Waals surface area contributed by atoms with Crippen LogP contribution in [0.5, 0.6) is 0 Å². The number of carbonyl (C=O) groups excluding carboxylic acids is 2. The molecule has 0 spiro atoms. The number of hydrogen-bond donors (Lipinski definition) is 2. The van der Waals surface area contributed by atoms with Crippen molar-refractivity contribution in [2.75, 3.05) is 16.8 Å². The van der Waals surface area contributed by atoms with Crippen molar-refractivity contribution in [2.45, 2.75) is 18.6 Å². The van der Waals surface area contributed by atoms with Gasteiger partial charge in [0, 0.05) is 11.1 Å². The van der Waals surface area contributed by atoms with Crippen LogP contribution in [0.3, 0.4) is 0 Å². The SMILES string of the molecule is O=C(Nc1ccc(Cl)cc1C(F)(F)F)C(=O)NC1CCS(=O)(=O)C1. The minimum Gasteiger partial charge on any atom is -0.344 e. The predicted molar refractivity (Wildman–Crippen MR) is 80.3 cm³/mol. The van der Waals surface area contributed by atoms with Gasteiger partial charge in [-0.25, -0.2) is 8.42 Å². The van der Waals surface area contributed by atoms with E-state index in [0.29, 0.717) is 6.07 Å². The van der Waals surface area contributed by atoms with E-state index in [2.05, 4.69) is 5.32 Å². The minimum absolute atomic E-state index is 0.116. The van der Waals surface area contributed by atoms with Gasteiger partial charge < -0.3 is 10.6 Å². The number of sulfone groups is 1. The fourth-order valence-electron chi connectivity index (χ4n) is 2.20. The van der Waals surface area contributed by atoms with Gasteiger partial charge in [0.2, 0.25) is 0 Å². The lowest BCUT2D eigenvalue weighted by molar-refractivity contribution is -0.138. The van der Waals surface area contributed by atoms with Crippen LogP contribution in [0.4, 0.5) is 18.9 Å². The molecule has 1 heterocycles. The standard InChI is InChI=1S/C13H12ClF3N2O4S/c14-7-1-2-10(9(5-7)13(15,16)17)19-12(21)11(20)18-8-3-4-24(22,23)6-8/h1-2,5,8H,3-4,6H2,(H,18,20)(H,19,21). The Morgan fingerprint density at radius 2 is 1.88 bits per heavy atom. The van der Waals surface area contributed by atoms with E-state index in [-0.39, 0.29) is 22.9 Å². The maximum Gasteiger partial charge on any atom is 0.418 e. The van der Waals surface area contributed by atoms with E-state index in [1.165, 1.54) is 0 Å². The molecule has 0 aromatic heterocycles. The van der Waals surface area contributed by atoms with Gasteiger partial charge in [-0.2, -0.15) is 13.2 Å². The Balaban J connectivity index is 2.08. The lowest BCUT2D eigenvalue weighted by Gasteiger charge is -2.15. The molecule has 2 N–H and O–H groups in total. The molecule has 11 heteroatoms. The Morgan fingerprint density at radius 3 is 2.42 bits per heavy atom. The summed E-state index contributed by atoms with van der Waals surface area (Å²) in [6.07, 6.45) is -4.63. The monoisotopic (exact) mass is 384 g/mol. The van der Waals surface area contributed by atoms with Crippen LogP contribution in [0.15, 0.2) is 18.2 Å². The zero-order valence-electron chi connectivity index (χ0n) is 12.0. The van der Waals surface area contributed by atoms with Gasteiger partial charge in [0.05, 0.1) is 22.8 Å². The molecule has 1 fully saturated rings. The normalized spacial score (nSPS) is 19.8. The van der Waals surface area contributed by atoms with E-state index in [0.717, 1.165) is 12.1 Å². The van der Waals surface area contributed by atoms with Gasteiger partial charge in [-0.15, -0.1) is 0 Å². The molecule has 2 amide bonds. The average molecular weight is 385 g/mol. The minimum atomic E-state index is -4.77. The Morgan fingerprint density at radius 1 is 1.21 bits per heavy atom. The summed E-state index contributed by atoms with van der Waals surface area (Å²) in [7, 11) is -3.27. The summed E-state index contributed by atoms with van der Waals surface area (Å²) in [5, 5.41) is 3.87.